The normalized spacial score (nSPS) is 10.9. The number of nitriles is 1. The SMILES string of the molecule is Cc1nc2ccc(Br)cc2c(=O)n1N=Cc1cccc(OCC#N)c1. The first kappa shape index (κ1) is 16.9. The van der Waals surface area contributed by atoms with Gasteiger partial charge in [-0.05, 0) is 42.8 Å². The molecule has 2 aromatic carbocycles. The van der Waals surface area contributed by atoms with Gasteiger partial charge in [0.15, 0.2) is 6.61 Å². The van der Waals surface area contributed by atoms with Crippen LogP contribution in [0.15, 0.2) is 56.8 Å². The summed E-state index contributed by atoms with van der Waals surface area (Å²) in [5.41, 5.74) is 1.14. The number of benzene rings is 2. The first-order valence-electron chi connectivity index (χ1n) is 7.41. The molecule has 0 fully saturated rings. The summed E-state index contributed by atoms with van der Waals surface area (Å²) < 4.78 is 7.32. The van der Waals surface area contributed by atoms with Crippen LogP contribution in [0.4, 0.5) is 0 Å². The van der Waals surface area contributed by atoms with Gasteiger partial charge >= 0.3 is 0 Å². The van der Waals surface area contributed by atoms with Crippen LogP contribution in [0, 0.1) is 18.3 Å². The summed E-state index contributed by atoms with van der Waals surface area (Å²) in [4.78, 5) is 17.1. The lowest BCUT2D eigenvalue weighted by molar-refractivity contribution is 0.368. The van der Waals surface area contributed by atoms with E-state index in [-0.39, 0.29) is 12.2 Å². The van der Waals surface area contributed by atoms with Crippen LogP contribution in [0.2, 0.25) is 0 Å². The minimum Gasteiger partial charge on any atom is -0.479 e. The Morgan fingerprint density at radius 1 is 1.36 bits per heavy atom. The third kappa shape index (κ3) is 3.75. The number of nitrogens with zero attached hydrogens (tertiary/aromatic N) is 4. The van der Waals surface area contributed by atoms with Crippen molar-refractivity contribution in [1.82, 2.24) is 9.66 Å². The summed E-state index contributed by atoms with van der Waals surface area (Å²) in [5.74, 6) is 1.06. The van der Waals surface area contributed by atoms with Gasteiger partial charge in [-0.25, -0.2) is 4.98 Å². The van der Waals surface area contributed by atoms with Crippen molar-refractivity contribution in [3.8, 4) is 11.8 Å². The Balaban J connectivity index is 1.99. The molecule has 0 aliphatic rings. The average molecular weight is 397 g/mol. The smallest absolute Gasteiger partial charge is 0.282 e. The number of rotatable bonds is 4. The highest BCUT2D eigenvalue weighted by Gasteiger charge is 2.07. The van der Waals surface area contributed by atoms with Gasteiger partial charge in [0.2, 0.25) is 0 Å². The fourth-order valence-electron chi connectivity index (χ4n) is 2.32. The van der Waals surface area contributed by atoms with Gasteiger partial charge in [0.1, 0.15) is 17.6 Å². The molecule has 0 aliphatic carbocycles. The van der Waals surface area contributed by atoms with Gasteiger partial charge in [-0.2, -0.15) is 15.0 Å². The molecular formula is C18H13BrN4O2. The summed E-state index contributed by atoms with van der Waals surface area (Å²) >= 11 is 3.36. The molecule has 0 amide bonds. The molecule has 0 N–H and O–H groups in total. The lowest BCUT2D eigenvalue weighted by Gasteiger charge is -2.06. The molecule has 124 valence electrons. The molecule has 0 bridgehead atoms. The minimum atomic E-state index is -0.239. The van der Waals surface area contributed by atoms with E-state index in [4.69, 9.17) is 10.00 Å². The fourth-order valence-corrected chi connectivity index (χ4v) is 2.68. The highest BCUT2D eigenvalue weighted by Crippen LogP contribution is 2.16. The average Bonchev–Trinajstić information content (AvgIpc) is 2.61. The Hall–Kier alpha value is -2.98. The van der Waals surface area contributed by atoms with Crippen LogP contribution in [0.5, 0.6) is 5.75 Å². The highest BCUT2D eigenvalue weighted by molar-refractivity contribution is 9.10. The van der Waals surface area contributed by atoms with E-state index in [2.05, 4.69) is 26.0 Å². The maximum absolute atomic E-state index is 12.7. The number of hydrogen-bond acceptors (Lipinski definition) is 5. The highest BCUT2D eigenvalue weighted by atomic mass is 79.9. The van der Waals surface area contributed by atoms with Crippen LogP contribution in [-0.4, -0.2) is 22.5 Å². The number of ether oxygens (including phenoxy) is 1. The Morgan fingerprint density at radius 3 is 3.00 bits per heavy atom. The quantitative estimate of drug-likeness (QED) is 0.633. The maximum atomic E-state index is 12.7. The summed E-state index contributed by atoms with van der Waals surface area (Å²) in [6.45, 7) is 1.70. The van der Waals surface area contributed by atoms with Crippen molar-refractivity contribution in [1.29, 1.82) is 5.26 Å². The van der Waals surface area contributed by atoms with Gasteiger partial charge in [-0.3, -0.25) is 4.79 Å². The molecule has 0 saturated heterocycles. The molecule has 1 heterocycles. The molecule has 7 heteroatoms. The van der Waals surface area contributed by atoms with E-state index >= 15 is 0 Å². The lowest BCUT2D eigenvalue weighted by Crippen LogP contribution is -2.20. The molecule has 0 atom stereocenters. The maximum Gasteiger partial charge on any atom is 0.282 e. The van der Waals surface area contributed by atoms with Gasteiger partial charge in [0, 0.05) is 4.47 Å². The van der Waals surface area contributed by atoms with E-state index in [0.717, 1.165) is 10.0 Å². The first-order valence-corrected chi connectivity index (χ1v) is 8.21. The molecule has 3 rings (SSSR count). The van der Waals surface area contributed by atoms with Crippen LogP contribution in [0.1, 0.15) is 11.4 Å². The van der Waals surface area contributed by atoms with Crippen LogP contribution >= 0.6 is 15.9 Å². The van der Waals surface area contributed by atoms with Crippen molar-refractivity contribution < 1.29 is 4.74 Å². The number of aryl methyl sites for hydroxylation is 1. The Labute approximate surface area is 152 Å². The van der Waals surface area contributed by atoms with Gasteiger partial charge < -0.3 is 4.74 Å². The zero-order valence-electron chi connectivity index (χ0n) is 13.3. The molecule has 25 heavy (non-hydrogen) atoms. The van der Waals surface area contributed by atoms with Crippen molar-refractivity contribution in [2.75, 3.05) is 6.61 Å². The molecule has 0 saturated carbocycles. The third-order valence-corrected chi connectivity index (χ3v) is 3.95. The standard InChI is InChI=1S/C18H13BrN4O2/c1-12-22-17-6-5-14(19)10-16(17)18(24)23(12)21-11-13-3-2-4-15(9-13)25-8-7-20/h2-6,9-11H,8H2,1H3. The van der Waals surface area contributed by atoms with Gasteiger partial charge in [-0.1, -0.05) is 28.1 Å². The van der Waals surface area contributed by atoms with Gasteiger partial charge in [-0.15, -0.1) is 0 Å². The number of fused-ring (bicyclic) bond motifs is 1. The molecule has 0 radical (unpaired) electrons. The van der Waals surface area contributed by atoms with Crippen LogP contribution in [0.25, 0.3) is 10.9 Å². The Kier molecular flexibility index (Phi) is 4.91. The van der Waals surface area contributed by atoms with Crippen molar-refractivity contribution >= 4 is 33.0 Å². The second-order valence-electron chi connectivity index (χ2n) is 5.20. The lowest BCUT2D eigenvalue weighted by atomic mass is 10.2. The van der Waals surface area contributed by atoms with Crippen LogP contribution < -0.4 is 10.3 Å². The molecule has 0 aliphatic heterocycles. The number of hydrogen-bond donors (Lipinski definition) is 0. The summed E-state index contributed by atoms with van der Waals surface area (Å²) in [6, 6.07) is 14.4. The molecule has 3 aromatic rings. The van der Waals surface area contributed by atoms with E-state index in [9.17, 15) is 4.79 Å². The zero-order chi connectivity index (χ0) is 17.8. The van der Waals surface area contributed by atoms with Crippen molar-refractivity contribution in [3.63, 3.8) is 0 Å². The zero-order valence-corrected chi connectivity index (χ0v) is 14.9. The van der Waals surface area contributed by atoms with Crippen molar-refractivity contribution in [3.05, 3.63) is 68.7 Å². The molecule has 0 unspecified atom stereocenters. The van der Waals surface area contributed by atoms with Gasteiger partial charge in [0.25, 0.3) is 5.56 Å². The molecule has 0 spiro atoms. The summed E-state index contributed by atoms with van der Waals surface area (Å²) in [5, 5.41) is 13.3. The topological polar surface area (TPSA) is 80.3 Å². The fraction of sp³-hybridized carbons (Fsp3) is 0.111. The Morgan fingerprint density at radius 2 is 2.20 bits per heavy atom. The van der Waals surface area contributed by atoms with Crippen molar-refractivity contribution in [2.45, 2.75) is 6.92 Å². The van der Waals surface area contributed by atoms with Gasteiger partial charge in [0.05, 0.1) is 17.1 Å². The first-order chi connectivity index (χ1) is 12.1. The monoisotopic (exact) mass is 396 g/mol. The predicted molar refractivity (Wildman–Crippen MR) is 99.0 cm³/mol. The summed E-state index contributed by atoms with van der Waals surface area (Å²) in [6.07, 6.45) is 1.55. The van der Waals surface area contributed by atoms with E-state index in [0.29, 0.717) is 22.5 Å². The molecule has 1 aromatic heterocycles. The second-order valence-corrected chi connectivity index (χ2v) is 6.12. The van der Waals surface area contributed by atoms with Crippen LogP contribution in [-0.2, 0) is 0 Å². The Bertz CT molecular complexity index is 1070. The van der Waals surface area contributed by atoms with E-state index < -0.39 is 0 Å². The van der Waals surface area contributed by atoms with Crippen LogP contribution in [0.3, 0.4) is 0 Å². The molecular weight excluding hydrogens is 384 g/mol. The number of halogens is 1. The van der Waals surface area contributed by atoms with E-state index in [1.807, 2.05) is 18.2 Å². The van der Waals surface area contributed by atoms with E-state index in [1.165, 1.54) is 4.68 Å². The minimum absolute atomic E-state index is 0.0252. The summed E-state index contributed by atoms with van der Waals surface area (Å²) in [7, 11) is 0. The van der Waals surface area contributed by atoms with E-state index in [1.54, 1.807) is 43.5 Å². The van der Waals surface area contributed by atoms with Crippen molar-refractivity contribution in [2.24, 2.45) is 5.10 Å². The third-order valence-electron chi connectivity index (χ3n) is 3.45. The second kappa shape index (κ2) is 7.28. The predicted octanol–water partition coefficient (Wildman–Crippen LogP) is 3.25. The largest absolute Gasteiger partial charge is 0.479 e. The molecule has 6 nitrogen and oxygen atoms in total. The number of aromatic nitrogens is 2.